The molecular formula is C9H14N4O. The van der Waals surface area contributed by atoms with Crippen molar-refractivity contribution >= 4 is 5.91 Å². The van der Waals surface area contributed by atoms with Crippen LogP contribution in [-0.4, -0.2) is 39.6 Å². The highest BCUT2D eigenvalue weighted by Gasteiger charge is 2.28. The van der Waals surface area contributed by atoms with Gasteiger partial charge in [0.15, 0.2) is 0 Å². The van der Waals surface area contributed by atoms with Crippen molar-refractivity contribution in [2.24, 2.45) is 0 Å². The van der Waals surface area contributed by atoms with E-state index in [0.717, 1.165) is 18.7 Å². The van der Waals surface area contributed by atoms with Gasteiger partial charge in [0.2, 0.25) is 5.82 Å². The smallest absolute Gasteiger partial charge is 0.293 e. The molecule has 2 rings (SSSR count). The van der Waals surface area contributed by atoms with Crippen molar-refractivity contribution < 1.29 is 4.79 Å². The predicted octanol–water partition coefficient (Wildman–Crippen LogP) is 0.774. The zero-order valence-corrected chi connectivity index (χ0v) is 8.45. The molecule has 5 heteroatoms. The van der Waals surface area contributed by atoms with Crippen LogP contribution in [0.5, 0.6) is 0 Å². The number of aromatic nitrogens is 3. The molecule has 0 saturated heterocycles. The zero-order chi connectivity index (χ0) is 10.1. The van der Waals surface area contributed by atoms with E-state index in [2.05, 4.69) is 15.2 Å². The first-order valence-corrected chi connectivity index (χ1v) is 4.90. The zero-order valence-electron chi connectivity index (χ0n) is 8.45. The number of nitrogens with one attached hydrogen (secondary N) is 1. The van der Waals surface area contributed by atoms with E-state index in [4.69, 9.17) is 0 Å². The molecule has 1 aromatic heterocycles. The van der Waals surface area contributed by atoms with Gasteiger partial charge in [-0.1, -0.05) is 0 Å². The Balaban J connectivity index is 2.11. The van der Waals surface area contributed by atoms with Gasteiger partial charge in [-0.05, 0) is 19.8 Å². The van der Waals surface area contributed by atoms with Crippen LogP contribution in [0, 0.1) is 0 Å². The van der Waals surface area contributed by atoms with E-state index >= 15 is 0 Å². The molecule has 14 heavy (non-hydrogen) atoms. The Morgan fingerprint density at radius 1 is 1.64 bits per heavy atom. The average Bonchev–Trinajstić information content (AvgIpc) is 2.94. The summed E-state index contributed by atoms with van der Waals surface area (Å²) in [5.74, 6) is 1.54. The molecule has 1 amide bonds. The SMILES string of the molecule is CCN(C)C(=O)c1n[nH]c(C2CC2)n1. The van der Waals surface area contributed by atoms with E-state index in [1.807, 2.05) is 6.92 Å². The second-order valence-corrected chi connectivity index (χ2v) is 3.64. The molecule has 1 fully saturated rings. The van der Waals surface area contributed by atoms with Gasteiger partial charge in [0, 0.05) is 19.5 Å². The van der Waals surface area contributed by atoms with Crippen LogP contribution in [0.1, 0.15) is 42.1 Å². The van der Waals surface area contributed by atoms with Crippen LogP contribution in [0.15, 0.2) is 0 Å². The molecule has 0 spiro atoms. The van der Waals surface area contributed by atoms with Crippen molar-refractivity contribution in [3.8, 4) is 0 Å². The number of aromatic amines is 1. The summed E-state index contributed by atoms with van der Waals surface area (Å²) in [5, 5.41) is 6.74. The van der Waals surface area contributed by atoms with Gasteiger partial charge in [-0.2, -0.15) is 0 Å². The number of hydrogen-bond acceptors (Lipinski definition) is 3. The molecule has 1 heterocycles. The summed E-state index contributed by atoms with van der Waals surface area (Å²) in [6.45, 7) is 2.60. The Morgan fingerprint density at radius 2 is 2.36 bits per heavy atom. The van der Waals surface area contributed by atoms with Crippen LogP contribution in [0.2, 0.25) is 0 Å². The molecule has 1 aliphatic carbocycles. The third-order valence-corrected chi connectivity index (χ3v) is 2.48. The minimum Gasteiger partial charge on any atom is -0.339 e. The molecule has 0 unspecified atom stereocenters. The van der Waals surface area contributed by atoms with E-state index < -0.39 is 0 Å². The highest BCUT2D eigenvalue weighted by molar-refractivity contribution is 5.90. The van der Waals surface area contributed by atoms with Gasteiger partial charge < -0.3 is 4.90 Å². The average molecular weight is 194 g/mol. The Hall–Kier alpha value is -1.39. The number of rotatable bonds is 3. The molecular weight excluding hydrogens is 180 g/mol. The summed E-state index contributed by atoms with van der Waals surface area (Å²) < 4.78 is 0. The Labute approximate surface area is 82.5 Å². The van der Waals surface area contributed by atoms with E-state index in [0.29, 0.717) is 12.5 Å². The maximum Gasteiger partial charge on any atom is 0.293 e. The van der Waals surface area contributed by atoms with Crippen LogP contribution >= 0.6 is 0 Å². The Kier molecular flexibility index (Phi) is 2.23. The first-order valence-electron chi connectivity index (χ1n) is 4.90. The van der Waals surface area contributed by atoms with Crippen molar-refractivity contribution in [2.45, 2.75) is 25.7 Å². The molecule has 1 aliphatic rings. The largest absolute Gasteiger partial charge is 0.339 e. The summed E-state index contributed by atoms with van der Waals surface area (Å²) in [6, 6.07) is 0. The Bertz CT molecular complexity index is 342. The molecule has 0 aliphatic heterocycles. The van der Waals surface area contributed by atoms with Crippen molar-refractivity contribution in [3.05, 3.63) is 11.6 Å². The van der Waals surface area contributed by atoms with Gasteiger partial charge in [0.25, 0.3) is 5.91 Å². The van der Waals surface area contributed by atoms with Crippen molar-refractivity contribution in [1.29, 1.82) is 0 Å². The molecule has 5 nitrogen and oxygen atoms in total. The topological polar surface area (TPSA) is 61.9 Å². The van der Waals surface area contributed by atoms with Crippen LogP contribution in [0.25, 0.3) is 0 Å². The van der Waals surface area contributed by atoms with Gasteiger partial charge in [0.1, 0.15) is 5.82 Å². The second-order valence-electron chi connectivity index (χ2n) is 3.64. The molecule has 76 valence electrons. The van der Waals surface area contributed by atoms with Crippen LogP contribution in [0.3, 0.4) is 0 Å². The van der Waals surface area contributed by atoms with Crippen molar-refractivity contribution in [2.75, 3.05) is 13.6 Å². The summed E-state index contributed by atoms with van der Waals surface area (Å²) in [4.78, 5) is 17.4. The highest BCUT2D eigenvalue weighted by atomic mass is 16.2. The lowest BCUT2D eigenvalue weighted by molar-refractivity contribution is 0.0791. The number of carbonyl (C=O) groups excluding carboxylic acids is 1. The normalized spacial score (nSPS) is 15.6. The summed E-state index contributed by atoms with van der Waals surface area (Å²) in [5.41, 5.74) is 0. The fraction of sp³-hybridized carbons (Fsp3) is 0.667. The third kappa shape index (κ3) is 1.62. The number of carbonyl (C=O) groups is 1. The third-order valence-electron chi connectivity index (χ3n) is 2.48. The summed E-state index contributed by atoms with van der Waals surface area (Å²) >= 11 is 0. The van der Waals surface area contributed by atoms with Crippen LogP contribution < -0.4 is 0 Å². The maximum absolute atomic E-state index is 11.6. The predicted molar refractivity (Wildman–Crippen MR) is 51.0 cm³/mol. The molecule has 0 radical (unpaired) electrons. The van der Waals surface area contributed by atoms with Crippen LogP contribution in [0.4, 0.5) is 0 Å². The molecule has 0 atom stereocenters. The Morgan fingerprint density at radius 3 is 2.93 bits per heavy atom. The molecule has 1 saturated carbocycles. The number of H-pyrrole nitrogens is 1. The van der Waals surface area contributed by atoms with Gasteiger partial charge in [-0.3, -0.25) is 9.89 Å². The van der Waals surface area contributed by atoms with Crippen LogP contribution in [-0.2, 0) is 0 Å². The van der Waals surface area contributed by atoms with Gasteiger partial charge in [0.05, 0.1) is 0 Å². The lowest BCUT2D eigenvalue weighted by atomic mass is 10.4. The second kappa shape index (κ2) is 3.40. The highest BCUT2D eigenvalue weighted by Crippen LogP contribution is 2.37. The first kappa shape index (κ1) is 9.18. The number of amides is 1. The van der Waals surface area contributed by atoms with E-state index in [1.54, 1.807) is 11.9 Å². The minimum atomic E-state index is -0.115. The summed E-state index contributed by atoms with van der Waals surface area (Å²) in [7, 11) is 1.75. The first-order chi connectivity index (χ1) is 6.72. The fourth-order valence-electron chi connectivity index (χ4n) is 1.22. The van der Waals surface area contributed by atoms with Gasteiger partial charge >= 0.3 is 0 Å². The van der Waals surface area contributed by atoms with Gasteiger partial charge in [-0.25, -0.2) is 4.98 Å². The van der Waals surface area contributed by atoms with E-state index in [1.165, 1.54) is 0 Å². The monoisotopic (exact) mass is 194 g/mol. The standard InChI is InChI=1S/C9H14N4O/c1-3-13(2)9(14)8-10-7(11-12-8)6-4-5-6/h6H,3-5H2,1-2H3,(H,10,11,12). The van der Waals surface area contributed by atoms with Gasteiger partial charge in [-0.15, -0.1) is 5.10 Å². The fourth-order valence-corrected chi connectivity index (χ4v) is 1.22. The maximum atomic E-state index is 11.6. The van der Waals surface area contributed by atoms with Crippen molar-refractivity contribution in [1.82, 2.24) is 20.1 Å². The molecule has 0 aromatic carbocycles. The van der Waals surface area contributed by atoms with Crippen molar-refractivity contribution in [3.63, 3.8) is 0 Å². The molecule has 1 N–H and O–H groups in total. The van der Waals surface area contributed by atoms with E-state index in [9.17, 15) is 4.79 Å². The number of hydrogen-bond donors (Lipinski definition) is 1. The lowest BCUT2D eigenvalue weighted by Crippen LogP contribution is -2.27. The van der Waals surface area contributed by atoms with E-state index in [-0.39, 0.29) is 11.7 Å². The number of nitrogens with zero attached hydrogens (tertiary/aromatic N) is 3. The molecule has 0 bridgehead atoms. The lowest BCUT2D eigenvalue weighted by Gasteiger charge is -2.10. The molecule has 1 aromatic rings. The minimum absolute atomic E-state index is 0.115. The summed E-state index contributed by atoms with van der Waals surface area (Å²) in [6.07, 6.45) is 2.32. The quantitative estimate of drug-likeness (QED) is 0.773.